The molecule has 6 nitrogen and oxygen atoms in total. The smallest absolute Gasteiger partial charge is 0.319 e. The summed E-state index contributed by atoms with van der Waals surface area (Å²) in [4.78, 5) is 11.8. The van der Waals surface area contributed by atoms with E-state index in [-0.39, 0.29) is 24.4 Å². The van der Waals surface area contributed by atoms with Crippen LogP contribution in [0.3, 0.4) is 0 Å². The van der Waals surface area contributed by atoms with Crippen LogP contribution >= 0.6 is 35.0 Å². The number of ether oxygens (including phenoxy) is 2. The van der Waals surface area contributed by atoms with Gasteiger partial charge in [0.25, 0.3) is 0 Å². The molecule has 0 saturated heterocycles. The molecule has 1 heterocycles. The number of thioether (sulfide) groups is 1. The largest absolute Gasteiger partial charge is 0.488 e. The van der Waals surface area contributed by atoms with Crippen molar-refractivity contribution < 1.29 is 14.3 Å². The SMILES string of the molecule is CC(Sc1cn[nH]n1)C(=O)OCCOc1ccc(Cl)cc1Cl. The van der Waals surface area contributed by atoms with Crippen LogP contribution in [-0.2, 0) is 9.53 Å². The number of rotatable bonds is 7. The monoisotopic (exact) mass is 361 g/mol. The summed E-state index contributed by atoms with van der Waals surface area (Å²) >= 11 is 13.0. The quantitative estimate of drug-likeness (QED) is 0.463. The molecule has 1 atom stereocenters. The molecule has 1 N–H and O–H groups in total. The molecule has 0 aliphatic rings. The average Bonchev–Trinajstić information content (AvgIpc) is 2.98. The van der Waals surface area contributed by atoms with Gasteiger partial charge in [0.05, 0.1) is 11.2 Å². The molecular formula is C13H13Cl2N3O3S. The summed E-state index contributed by atoms with van der Waals surface area (Å²) in [7, 11) is 0. The number of carbonyl (C=O) groups is 1. The number of aromatic nitrogens is 3. The minimum absolute atomic E-state index is 0.126. The second-order valence-corrected chi connectivity index (χ2v) is 6.36. The van der Waals surface area contributed by atoms with Crippen LogP contribution in [0.25, 0.3) is 0 Å². The predicted molar refractivity (Wildman–Crippen MR) is 84.6 cm³/mol. The molecule has 118 valence electrons. The third-order valence-corrected chi connectivity index (χ3v) is 4.02. The molecule has 0 aliphatic heterocycles. The van der Waals surface area contributed by atoms with E-state index in [2.05, 4.69) is 15.4 Å². The van der Waals surface area contributed by atoms with Gasteiger partial charge in [0.2, 0.25) is 0 Å². The van der Waals surface area contributed by atoms with Gasteiger partial charge in [-0.15, -0.1) is 5.10 Å². The van der Waals surface area contributed by atoms with Crippen LogP contribution in [0.5, 0.6) is 5.75 Å². The molecule has 1 unspecified atom stereocenters. The van der Waals surface area contributed by atoms with Crippen LogP contribution in [0.4, 0.5) is 0 Å². The third kappa shape index (κ3) is 5.08. The van der Waals surface area contributed by atoms with Crippen molar-refractivity contribution >= 4 is 40.9 Å². The molecule has 0 fully saturated rings. The van der Waals surface area contributed by atoms with Crippen molar-refractivity contribution in [2.75, 3.05) is 13.2 Å². The zero-order valence-corrected chi connectivity index (χ0v) is 13.9. The molecule has 0 spiro atoms. The lowest BCUT2D eigenvalue weighted by atomic mass is 10.3. The predicted octanol–water partition coefficient (Wildman–Crippen LogP) is 3.21. The Morgan fingerprint density at radius 3 is 2.91 bits per heavy atom. The summed E-state index contributed by atoms with van der Waals surface area (Å²) in [5, 5.41) is 11.2. The summed E-state index contributed by atoms with van der Waals surface area (Å²) in [6.45, 7) is 2.06. The van der Waals surface area contributed by atoms with Crippen LogP contribution in [0, 0.1) is 0 Å². The average molecular weight is 362 g/mol. The molecule has 0 aliphatic carbocycles. The second-order valence-electron chi connectivity index (χ2n) is 4.16. The number of carbonyl (C=O) groups excluding carboxylic acids is 1. The Morgan fingerprint density at radius 1 is 1.41 bits per heavy atom. The van der Waals surface area contributed by atoms with Gasteiger partial charge in [0.15, 0.2) is 0 Å². The first kappa shape index (κ1) is 16.9. The Bertz CT molecular complexity index is 625. The van der Waals surface area contributed by atoms with Gasteiger partial charge in [-0.3, -0.25) is 4.79 Å². The summed E-state index contributed by atoms with van der Waals surface area (Å²) in [5.41, 5.74) is 0. The van der Waals surface area contributed by atoms with Gasteiger partial charge < -0.3 is 9.47 Å². The maximum absolute atomic E-state index is 11.8. The first-order chi connectivity index (χ1) is 10.6. The summed E-state index contributed by atoms with van der Waals surface area (Å²) < 4.78 is 10.6. The molecule has 2 rings (SSSR count). The molecule has 0 saturated carbocycles. The standard InChI is InChI=1S/C13H13Cl2N3O3S/c1-8(22-12-7-16-18-17-12)13(19)21-5-4-20-11-3-2-9(14)6-10(11)15/h2-3,6-8H,4-5H2,1H3,(H,16,17,18). The van der Waals surface area contributed by atoms with E-state index in [9.17, 15) is 4.79 Å². The molecule has 22 heavy (non-hydrogen) atoms. The number of hydrogen-bond acceptors (Lipinski definition) is 6. The molecule has 0 bridgehead atoms. The van der Waals surface area contributed by atoms with E-state index >= 15 is 0 Å². The Labute approximate surface area is 141 Å². The first-order valence-electron chi connectivity index (χ1n) is 6.33. The fraction of sp³-hybridized carbons (Fsp3) is 0.308. The Hall–Kier alpha value is -1.44. The highest BCUT2D eigenvalue weighted by atomic mass is 35.5. The Kier molecular flexibility index (Phi) is 6.35. The molecule has 0 radical (unpaired) electrons. The Morgan fingerprint density at radius 2 is 2.23 bits per heavy atom. The summed E-state index contributed by atoms with van der Waals surface area (Å²) in [6, 6.07) is 4.92. The second kappa shape index (κ2) is 8.26. The van der Waals surface area contributed by atoms with Crippen molar-refractivity contribution in [3.8, 4) is 5.75 Å². The highest BCUT2D eigenvalue weighted by Gasteiger charge is 2.17. The molecule has 9 heteroatoms. The fourth-order valence-electron chi connectivity index (χ4n) is 1.48. The van der Waals surface area contributed by atoms with Crippen LogP contribution in [0.1, 0.15) is 6.92 Å². The van der Waals surface area contributed by atoms with Crippen molar-refractivity contribution in [1.82, 2.24) is 15.4 Å². The van der Waals surface area contributed by atoms with E-state index in [1.54, 1.807) is 31.3 Å². The number of nitrogens with zero attached hydrogens (tertiary/aromatic N) is 2. The molecule has 2 aromatic rings. The van der Waals surface area contributed by atoms with E-state index in [0.717, 1.165) is 0 Å². The Balaban J connectivity index is 1.70. The van der Waals surface area contributed by atoms with Gasteiger partial charge in [-0.25, -0.2) is 0 Å². The fourth-order valence-corrected chi connectivity index (χ4v) is 2.68. The molecular weight excluding hydrogens is 349 g/mol. The minimum Gasteiger partial charge on any atom is -0.488 e. The van der Waals surface area contributed by atoms with Crippen molar-refractivity contribution in [1.29, 1.82) is 0 Å². The normalized spacial score (nSPS) is 12.0. The highest BCUT2D eigenvalue weighted by Crippen LogP contribution is 2.27. The maximum Gasteiger partial charge on any atom is 0.319 e. The number of nitrogens with one attached hydrogen (secondary N) is 1. The maximum atomic E-state index is 11.8. The van der Waals surface area contributed by atoms with E-state index in [1.165, 1.54) is 11.8 Å². The van der Waals surface area contributed by atoms with Crippen LogP contribution in [0.15, 0.2) is 29.4 Å². The van der Waals surface area contributed by atoms with Crippen molar-refractivity contribution in [2.24, 2.45) is 0 Å². The topological polar surface area (TPSA) is 77.1 Å². The lowest BCUT2D eigenvalue weighted by molar-refractivity contribution is -0.143. The zero-order valence-electron chi connectivity index (χ0n) is 11.6. The number of esters is 1. The lowest BCUT2D eigenvalue weighted by Crippen LogP contribution is -2.20. The van der Waals surface area contributed by atoms with E-state index in [4.69, 9.17) is 32.7 Å². The van der Waals surface area contributed by atoms with Crippen molar-refractivity contribution in [3.63, 3.8) is 0 Å². The van der Waals surface area contributed by atoms with Crippen LogP contribution in [-0.4, -0.2) is 39.8 Å². The van der Waals surface area contributed by atoms with Gasteiger partial charge >= 0.3 is 5.97 Å². The summed E-state index contributed by atoms with van der Waals surface area (Å²) in [6.07, 6.45) is 1.54. The van der Waals surface area contributed by atoms with Gasteiger partial charge in [-0.1, -0.05) is 35.0 Å². The minimum atomic E-state index is -0.385. The molecule has 1 aromatic carbocycles. The number of benzene rings is 1. The first-order valence-corrected chi connectivity index (χ1v) is 7.96. The molecule has 0 amide bonds. The highest BCUT2D eigenvalue weighted by molar-refractivity contribution is 8.00. The van der Waals surface area contributed by atoms with Crippen LogP contribution < -0.4 is 4.74 Å². The molecule has 1 aromatic heterocycles. The van der Waals surface area contributed by atoms with Crippen molar-refractivity contribution in [2.45, 2.75) is 17.2 Å². The van der Waals surface area contributed by atoms with Gasteiger partial charge in [-0.05, 0) is 25.1 Å². The number of hydrogen-bond donors (Lipinski definition) is 1. The zero-order chi connectivity index (χ0) is 15.9. The van der Waals surface area contributed by atoms with Crippen molar-refractivity contribution in [3.05, 3.63) is 34.4 Å². The number of H-pyrrole nitrogens is 1. The van der Waals surface area contributed by atoms with E-state index in [0.29, 0.717) is 20.8 Å². The van der Waals surface area contributed by atoms with Gasteiger partial charge in [0.1, 0.15) is 29.2 Å². The number of aromatic amines is 1. The van der Waals surface area contributed by atoms with Gasteiger partial charge in [-0.2, -0.15) is 10.3 Å². The van der Waals surface area contributed by atoms with E-state index < -0.39 is 0 Å². The summed E-state index contributed by atoms with van der Waals surface area (Å²) in [5.74, 6) is 0.144. The lowest BCUT2D eigenvalue weighted by Gasteiger charge is -2.11. The number of halogens is 2. The van der Waals surface area contributed by atoms with Gasteiger partial charge in [0, 0.05) is 5.02 Å². The van der Waals surface area contributed by atoms with Crippen LogP contribution in [0.2, 0.25) is 10.0 Å². The third-order valence-electron chi connectivity index (χ3n) is 2.50. The van der Waals surface area contributed by atoms with E-state index in [1.807, 2.05) is 0 Å².